The largest absolute Gasteiger partial charge is 0.335 e. The van der Waals surface area contributed by atoms with E-state index in [2.05, 4.69) is 15.6 Å². The fraction of sp³-hybridized carbons (Fsp3) is 0.421. The first kappa shape index (κ1) is 18.5. The summed E-state index contributed by atoms with van der Waals surface area (Å²) < 4.78 is 1.95. The highest BCUT2D eigenvalue weighted by Gasteiger charge is 2.17. The third-order valence-corrected chi connectivity index (χ3v) is 5.47. The average molecular weight is 372 g/mol. The summed E-state index contributed by atoms with van der Waals surface area (Å²) >= 11 is 1.31. The lowest BCUT2D eigenvalue weighted by atomic mass is 9.96. The van der Waals surface area contributed by atoms with Gasteiger partial charge < -0.3 is 5.32 Å². The van der Waals surface area contributed by atoms with E-state index in [9.17, 15) is 9.59 Å². The van der Waals surface area contributed by atoms with Crippen LogP contribution in [0, 0.1) is 6.92 Å². The van der Waals surface area contributed by atoms with Gasteiger partial charge in [-0.3, -0.25) is 14.7 Å². The summed E-state index contributed by atoms with van der Waals surface area (Å²) in [7, 11) is 0. The van der Waals surface area contributed by atoms with Crippen molar-refractivity contribution in [3.8, 4) is 5.69 Å². The maximum atomic E-state index is 12.1. The van der Waals surface area contributed by atoms with E-state index in [1.54, 1.807) is 6.20 Å². The maximum absolute atomic E-state index is 12.1. The summed E-state index contributed by atoms with van der Waals surface area (Å²) in [5, 5.41) is 6.02. The van der Waals surface area contributed by atoms with Gasteiger partial charge in [-0.1, -0.05) is 49.2 Å². The molecule has 26 heavy (non-hydrogen) atoms. The maximum Gasteiger partial charge on any atom is 0.321 e. The molecule has 6 nitrogen and oxygen atoms in total. The van der Waals surface area contributed by atoms with E-state index in [-0.39, 0.29) is 17.7 Å². The van der Waals surface area contributed by atoms with Crippen molar-refractivity contribution in [3.63, 3.8) is 0 Å². The average Bonchev–Trinajstić information content (AvgIpc) is 3.09. The summed E-state index contributed by atoms with van der Waals surface area (Å²) in [4.78, 5) is 28.3. The van der Waals surface area contributed by atoms with E-state index >= 15 is 0 Å². The molecular formula is C19H24N4O2S. The molecule has 0 unspecified atom stereocenters. The molecule has 1 heterocycles. The molecule has 0 saturated heterocycles. The van der Waals surface area contributed by atoms with Gasteiger partial charge >= 0.3 is 6.03 Å². The molecule has 7 heteroatoms. The molecule has 0 radical (unpaired) electrons. The molecule has 0 atom stereocenters. The first-order chi connectivity index (χ1) is 12.6. The van der Waals surface area contributed by atoms with E-state index in [1.807, 2.05) is 42.0 Å². The van der Waals surface area contributed by atoms with Gasteiger partial charge in [0.25, 0.3) is 0 Å². The minimum atomic E-state index is -0.398. The summed E-state index contributed by atoms with van der Waals surface area (Å²) in [6.45, 7) is 2.03. The van der Waals surface area contributed by atoms with Crippen LogP contribution in [0.1, 0.15) is 37.7 Å². The topological polar surface area (TPSA) is 76.0 Å². The van der Waals surface area contributed by atoms with Gasteiger partial charge in [0.05, 0.1) is 11.4 Å². The SMILES string of the molecule is Cc1ccccc1-n1ccnc1SCC(=O)NC(=O)NC1CCCCC1. The number of aryl methyl sites for hydroxylation is 1. The Kier molecular flexibility index (Phi) is 6.33. The number of carbonyl (C=O) groups excluding carboxylic acids is 2. The lowest BCUT2D eigenvalue weighted by Gasteiger charge is -2.22. The highest BCUT2D eigenvalue weighted by molar-refractivity contribution is 7.99. The van der Waals surface area contributed by atoms with E-state index in [4.69, 9.17) is 0 Å². The number of nitrogens with zero attached hydrogens (tertiary/aromatic N) is 2. The first-order valence-corrected chi connectivity index (χ1v) is 9.94. The number of hydrogen-bond acceptors (Lipinski definition) is 4. The smallest absolute Gasteiger partial charge is 0.321 e. The second-order valence-electron chi connectivity index (χ2n) is 6.51. The highest BCUT2D eigenvalue weighted by Crippen LogP contribution is 2.22. The molecule has 1 saturated carbocycles. The van der Waals surface area contributed by atoms with Gasteiger partial charge in [0.1, 0.15) is 0 Å². The first-order valence-electron chi connectivity index (χ1n) is 8.96. The molecule has 1 aromatic carbocycles. The van der Waals surface area contributed by atoms with Gasteiger partial charge in [-0.25, -0.2) is 9.78 Å². The van der Waals surface area contributed by atoms with Crippen LogP contribution in [0.5, 0.6) is 0 Å². The van der Waals surface area contributed by atoms with Crippen LogP contribution in [0.3, 0.4) is 0 Å². The molecule has 2 aromatic rings. The van der Waals surface area contributed by atoms with Crippen molar-refractivity contribution in [1.82, 2.24) is 20.2 Å². The predicted octanol–water partition coefficient (Wildman–Crippen LogP) is 3.43. The zero-order valence-electron chi connectivity index (χ0n) is 14.9. The molecule has 3 amide bonds. The fourth-order valence-corrected chi connectivity index (χ4v) is 3.94. The molecular weight excluding hydrogens is 348 g/mol. The second-order valence-corrected chi connectivity index (χ2v) is 7.45. The molecule has 0 aliphatic heterocycles. The van der Waals surface area contributed by atoms with Crippen LogP contribution in [0.2, 0.25) is 0 Å². The van der Waals surface area contributed by atoms with E-state index < -0.39 is 6.03 Å². The Balaban J connectivity index is 1.51. The van der Waals surface area contributed by atoms with Crippen LogP contribution >= 0.6 is 11.8 Å². The van der Waals surface area contributed by atoms with Gasteiger partial charge in [-0.15, -0.1) is 0 Å². The summed E-state index contributed by atoms with van der Waals surface area (Å²) in [6.07, 6.45) is 9.06. The normalized spacial score (nSPS) is 14.8. The van der Waals surface area contributed by atoms with Crippen molar-refractivity contribution in [2.45, 2.75) is 50.2 Å². The molecule has 1 aliphatic rings. The van der Waals surface area contributed by atoms with Crippen LogP contribution < -0.4 is 10.6 Å². The quantitative estimate of drug-likeness (QED) is 0.789. The lowest BCUT2D eigenvalue weighted by Crippen LogP contribution is -2.45. The Bertz CT molecular complexity index is 768. The van der Waals surface area contributed by atoms with Crippen molar-refractivity contribution in [3.05, 3.63) is 42.2 Å². The van der Waals surface area contributed by atoms with Crippen molar-refractivity contribution >= 4 is 23.7 Å². The number of nitrogens with one attached hydrogen (secondary N) is 2. The second kappa shape index (κ2) is 8.89. The van der Waals surface area contributed by atoms with Crippen molar-refractivity contribution in [2.75, 3.05) is 5.75 Å². The predicted molar refractivity (Wildman–Crippen MR) is 103 cm³/mol. The summed E-state index contributed by atoms with van der Waals surface area (Å²) in [5.41, 5.74) is 2.16. The Morgan fingerprint density at radius 1 is 1.23 bits per heavy atom. The number of imide groups is 1. The van der Waals surface area contributed by atoms with Crippen LogP contribution in [-0.2, 0) is 4.79 Å². The Labute approximate surface area is 157 Å². The molecule has 1 fully saturated rings. The number of urea groups is 1. The molecule has 1 aromatic heterocycles. The molecule has 0 bridgehead atoms. The molecule has 138 valence electrons. The summed E-state index contributed by atoms with van der Waals surface area (Å²) in [5.74, 6) is -0.177. The third kappa shape index (κ3) is 4.88. The number of imidazole rings is 1. The summed E-state index contributed by atoms with van der Waals surface area (Å²) in [6, 6.07) is 7.79. The number of thioether (sulfide) groups is 1. The fourth-order valence-electron chi connectivity index (χ4n) is 3.17. The standard InChI is InChI=1S/C19H24N4O2S/c1-14-7-5-6-10-16(14)23-12-11-20-19(23)26-13-17(24)22-18(25)21-15-8-3-2-4-9-15/h5-7,10-12,15H,2-4,8-9,13H2,1H3,(H2,21,22,24,25). The van der Waals surface area contributed by atoms with E-state index in [0.29, 0.717) is 0 Å². The van der Waals surface area contributed by atoms with E-state index in [0.717, 1.165) is 42.1 Å². The van der Waals surface area contributed by atoms with Crippen molar-refractivity contribution in [2.24, 2.45) is 0 Å². The number of amides is 3. The number of para-hydroxylation sites is 1. The zero-order chi connectivity index (χ0) is 18.4. The highest BCUT2D eigenvalue weighted by atomic mass is 32.2. The van der Waals surface area contributed by atoms with Crippen LogP contribution in [0.15, 0.2) is 41.8 Å². The number of benzene rings is 1. The molecule has 2 N–H and O–H groups in total. The van der Waals surface area contributed by atoms with Crippen molar-refractivity contribution < 1.29 is 9.59 Å². The zero-order valence-corrected chi connectivity index (χ0v) is 15.7. The minimum Gasteiger partial charge on any atom is -0.335 e. The number of rotatable bonds is 5. The Morgan fingerprint density at radius 3 is 2.77 bits per heavy atom. The monoisotopic (exact) mass is 372 g/mol. The van der Waals surface area contributed by atoms with Gasteiger partial charge in [-0.05, 0) is 31.4 Å². The van der Waals surface area contributed by atoms with Gasteiger partial charge in [0.2, 0.25) is 5.91 Å². The van der Waals surface area contributed by atoms with Gasteiger partial charge in [0.15, 0.2) is 5.16 Å². The van der Waals surface area contributed by atoms with Crippen LogP contribution in [0.25, 0.3) is 5.69 Å². The third-order valence-electron chi connectivity index (χ3n) is 4.51. The molecule has 0 spiro atoms. The Morgan fingerprint density at radius 2 is 2.00 bits per heavy atom. The minimum absolute atomic E-state index is 0.140. The van der Waals surface area contributed by atoms with E-state index in [1.165, 1.54) is 18.2 Å². The van der Waals surface area contributed by atoms with Crippen LogP contribution in [-0.4, -0.2) is 33.3 Å². The number of aromatic nitrogens is 2. The molecule has 3 rings (SSSR count). The number of hydrogen-bond donors (Lipinski definition) is 2. The lowest BCUT2D eigenvalue weighted by molar-refractivity contribution is -0.117. The Hall–Kier alpha value is -2.28. The van der Waals surface area contributed by atoms with Crippen molar-refractivity contribution in [1.29, 1.82) is 0 Å². The molecule has 1 aliphatic carbocycles. The van der Waals surface area contributed by atoms with Gasteiger partial charge in [-0.2, -0.15) is 0 Å². The number of carbonyl (C=O) groups is 2. The van der Waals surface area contributed by atoms with Crippen LogP contribution in [0.4, 0.5) is 4.79 Å². The van der Waals surface area contributed by atoms with Gasteiger partial charge in [0, 0.05) is 18.4 Å².